The molecule has 9 heteroatoms. The number of aliphatic imine (C=N–C) groups is 1. The molecule has 1 saturated carbocycles. The number of hydrogen-bond acceptors (Lipinski definition) is 7. The Morgan fingerprint density at radius 3 is 2.70 bits per heavy atom. The summed E-state index contributed by atoms with van der Waals surface area (Å²) >= 11 is 6.09. The second kappa shape index (κ2) is 13.3. The smallest absolute Gasteiger partial charge is 0.106 e. The van der Waals surface area contributed by atoms with Crippen LogP contribution in [0.5, 0.6) is 0 Å². The Morgan fingerprint density at radius 2 is 2.05 bits per heavy atom. The zero-order valence-corrected chi connectivity index (χ0v) is 23.2. The Balaban J connectivity index is 0.000000195. The SMILES string of the molecule is C=NCC1(CNCCN2CCOC(C)(C)C2)CCC1.C=O.CNc1cc(Cl)cc2c1[nH]c1cnccc12. The van der Waals surface area contributed by atoms with Crippen LogP contribution in [0.15, 0.2) is 35.6 Å². The standard InChI is InChI=1S/C15H29N3O.C12H10ClN3.CH2O/c1-14(2)13-18(9-10-19-14)8-7-17-12-15(11-16-3)5-4-6-15;1-14-10-5-7(13)4-9-8-2-3-15-6-11(8)16-12(9)10;1-2/h17H,3-13H2,1-2H3;2-6,14,16H,1H3;1H2. The number of carbonyl (C=O) groups is 1. The Labute approximate surface area is 225 Å². The Kier molecular flexibility index (Phi) is 10.5. The first-order valence-corrected chi connectivity index (χ1v) is 13.2. The van der Waals surface area contributed by atoms with Gasteiger partial charge in [-0.05, 0) is 51.6 Å². The predicted molar refractivity (Wildman–Crippen MR) is 155 cm³/mol. The van der Waals surface area contributed by atoms with Crippen molar-refractivity contribution in [3.05, 3.63) is 35.6 Å². The topological polar surface area (TPSA) is 94.6 Å². The molecule has 2 aliphatic rings. The van der Waals surface area contributed by atoms with Gasteiger partial charge in [-0.3, -0.25) is 9.88 Å². The predicted octanol–water partition coefficient (Wildman–Crippen LogP) is 4.78. The van der Waals surface area contributed by atoms with Crippen molar-refractivity contribution in [1.82, 2.24) is 20.2 Å². The molecule has 202 valence electrons. The van der Waals surface area contributed by atoms with Gasteiger partial charge in [-0.25, -0.2) is 0 Å². The number of carbonyl (C=O) groups excluding carboxylic acids is 1. The fourth-order valence-corrected chi connectivity index (χ4v) is 5.43. The van der Waals surface area contributed by atoms with Crippen LogP contribution in [0.25, 0.3) is 21.8 Å². The zero-order chi connectivity index (χ0) is 26.9. The van der Waals surface area contributed by atoms with Crippen LogP contribution in [-0.2, 0) is 9.53 Å². The summed E-state index contributed by atoms with van der Waals surface area (Å²) in [6.07, 6.45) is 7.58. The van der Waals surface area contributed by atoms with E-state index in [-0.39, 0.29) is 5.60 Å². The molecule has 0 amide bonds. The number of nitrogens with one attached hydrogen (secondary N) is 3. The maximum atomic E-state index is 8.00. The van der Waals surface area contributed by atoms with E-state index in [0.717, 1.165) is 78.4 Å². The molecule has 0 spiro atoms. The Hall–Kier alpha value is -2.52. The van der Waals surface area contributed by atoms with E-state index in [1.165, 1.54) is 19.3 Å². The van der Waals surface area contributed by atoms with Crippen LogP contribution in [0, 0.1) is 5.41 Å². The molecule has 3 heterocycles. The van der Waals surface area contributed by atoms with Crippen LogP contribution < -0.4 is 10.6 Å². The summed E-state index contributed by atoms with van der Waals surface area (Å²) in [4.78, 5) is 22.0. The summed E-state index contributed by atoms with van der Waals surface area (Å²) in [5, 5.41) is 9.75. The van der Waals surface area contributed by atoms with Gasteiger partial charge in [0.15, 0.2) is 0 Å². The van der Waals surface area contributed by atoms with Crippen molar-refractivity contribution in [3.8, 4) is 0 Å². The number of pyridine rings is 1. The quantitative estimate of drug-likeness (QED) is 0.287. The minimum Gasteiger partial charge on any atom is -0.386 e. The Morgan fingerprint density at radius 1 is 1.27 bits per heavy atom. The van der Waals surface area contributed by atoms with Gasteiger partial charge in [0.25, 0.3) is 0 Å². The van der Waals surface area contributed by atoms with E-state index < -0.39 is 0 Å². The molecular weight excluding hydrogens is 488 g/mol. The average molecular weight is 529 g/mol. The molecule has 0 unspecified atom stereocenters. The van der Waals surface area contributed by atoms with Crippen molar-refractivity contribution in [2.45, 2.75) is 38.7 Å². The second-order valence-electron chi connectivity index (χ2n) is 10.5. The highest BCUT2D eigenvalue weighted by Crippen LogP contribution is 2.40. The molecule has 1 aromatic carbocycles. The maximum absolute atomic E-state index is 8.00. The molecular formula is C28H41ClN6O2. The summed E-state index contributed by atoms with van der Waals surface area (Å²) in [7, 11) is 1.88. The number of nitrogens with zero attached hydrogens (tertiary/aromatic N) is 3. The molecule has 2 fully saturated rings. The van der Waals surface area contributed by atoms with Crippen molar-refractivity contribution >= 4 is 52.6 Å². The summed E-state index contributed by atoms with van der Waals surface area (Å²) in [5.41, 5.74) is 3.52. The van der Waals surface area contributed by atoms with E-state index >= 15 is 0 Å². The lowest BCUT2D eigenvalue weighted by Gasteiger charge is -2.41. The molecule has 8 nitrogen and oxygen atoms in total. The van der Waals surface area contributed by atoms with Crippen LogP contribution in [0.4, 0.5) is 5.69 Å². The first-order chi connectivity index (χ1) is 17.8. The number of H-pyrrole nitrogens is 1. The lowest BCUT2D eigenvalue weighted by Crippen LogP contribution is -2.50. The van der Waals surface area contributed by atoms with Gasteiger partial charge in [0.1, 0.15) is 6.79 Å². The highest BCUT2D eigenvalue weighted by molar-refractivity contribution is 6.32. The van der Waals surface area contributed by atoms with Gasteiger partial charge in [-0.1, -0.05) is 18.0 Å². The monoisotopic (exact) mass is 528 g/mol. The van der Waals surface area contributed by atoms with Crippen molar-refractivity contribution in [2.24, 2.45) is 10.4 Å². The van der Waals surface area contributed by atoms with Crippen LogP contribution in [0.1, 0.15) is 33.1 Å². The van der Waals surface area contributed by atoms with Crippen molar-refractivity contribution in [3.63, 3.8) is 0 Å². The Bertz CT molecular complexity index is 1160. The summed E-state index contributed by atoms with van der Waals surface area (Å²) in [6, 6.07) is 5.87. The fraction of sp³-hybridized carbons (Fsp3) is 0.536. The molecule has 0 bridgehead atoms. The number of aromatic amines is 1. The maximum Gasteiger partial charge on any atom is 0.106 e. The normalized spacial score (nSPS) is 18.2. The van der Waals surface area contributed by atoms with Gasteiger partial charge >= 0.3 is 0 Å². The number of morpholine rings is 1. The van der Waals surface area contributed by atoms with Crippen LogP contribution >= 0.6 is 11.6 Å². The first-order valence-electron chi connectivity index (χ1n) is 12.9. The molecule has 1 aliphatic heterocycles. The molecule has 1 aliphatic carbocycles. The second-order valence-corrected chi connectivity index (χ2v) is 10.9. The third kappa shape index (κ3) is 7.51. The van der Waals surface area contributed by atoms with Crippen LogP contribution in [-0.4, -0.2) is 86.9 Å². The van der Waals surface area contributed by atoms with E-state index in [0.29, 0.717) is 5.41 Å². The number of ether oxygens (including phenoxy) is 1. The number of benzene rings is 1. The van der Waals surface area contributed by atoms with Crippen molar-refractivity contribution in [2.75, 3.05) is 58.2 Å². The van der Waals surface area contributed by atoms with Crippen LogP contribution in [0.2, 0.25) is 5.02 Å². The lowest BCUT2D eigenvalue weighted by molar-refractivity contribution is -0.0980. The summed E-state index contributed by atoms with van der Waals surface area (Å²) < 4.78 is 5.73. The number of anilines is 1. The van der Waals surface area contributed by atoms with Crippen molar-refractivity contribution in [1.29, 1.82) is 0 Å². The van der Waals surface area contributed by atoms with Gasteiger partial charge in [0.05, 0.1) is 35.1 Å². The lowest BCUT2D eigenvalue weighted by atomic mass is 9.69. The summed E-state index contributed by atoms with van der Waals surface area (Å²) in [5.74, 6) is 0. The number of hydrogen-bond donors (Lipinski definition) is 3. The van der Waals surface area contributed by atoms with E-state index in [9.17, 15) is 0 Å². The van der Waals surface area contributed by atoms with Crippen molar-refractivity contribution < 1.29 is 9.53 Å². The molecule has 3 N–H and O–H groups in total. The van der Waals surface area contributed by atoms with Gasteiger partial charge in [-0.15, -0.1) is 0 Å². The van der Waals surface area contributed by atoms with E-state index in [1.807, 2.05) is 38.2 Å². The molecule has 5 rings (SSSR count). The van der Waals surface area contributed by atoms with E-state index in [1.54, 1.807) is 6.20 Å². The molecule has 0 radical (unpaired) electrons. The summed E-state index contributed by atoms with van der Waals surface area (Å²) in [6.45, 7) is 17.1. The highest BCUT2D eigenvalue weighted by atomic mass is 35.5. The van der Waals surface area contributed by atoms with Gasteiger partial charge in [0, 0.05) is 73.7 Å². The minimum absolute atomic E-state index is 0.0141. The third-order valence-corrected chi connectivity index (χ3v) is 7.43. The molecule has 3 aromatic rings. The number of halogens is 1. The fourth-order valence-electron chi connectivity index (χ4n) is 5.22. The zero-order valence-electron chi connectivity index (χ0n) is 22.4. The van der Waals surface area contributed by atoms with E-state index in [4.69, 9.17) is 21.1 Å². The van der Waals surface area contributed by atoms with Crippen LogP contribution in [0.3, 0.4) is 0 Å². The molecule has 1 saturated heterocycles. The minimum atomic E-state index is 0.0141. The first kappa shape index (κ1) is 29.0. The number of fused-ring (bicyclic) bond motifs is 3. The highest BCUT2D eigenvalue weighted by Gasteiger charge is 2.36. The molecule has 2 aromatic heterocycles. The van der Waals surface area contributed by atoms with Gasteiger partial charge in [-0.2, -0.15) is 0 Å². The largest absolute Gasteiger partial charge is 0.386 e. The molecule has 0 atom stereocenters. The van der Waals surface area contributed by atoms with Gasteiger partial charge < -0.3 is 30.1 Å². The average Bonchev–Trinajstić information content (AvgIpc) is 3.24. The number of rotatable bonds is 8. The molecule has 37 heavy (non-hydrogen) atoms. The number of aromatic nitrogens is 2. The van der Waals surface area contributed by atoms with Gasteiger partial charge in [0.2, 0.25) is 0 Å². The van der Waals surface area contributed by atoms with E-state index in [2.05, 4.69) is 51.1 Å². The third-order valence-electron chi connectivity index (χ3n) is 7.21.